The number of carbonyl (C=O) groups excluding carboxylic acids is 1. The largest absolute Gasteiger partial charge is 0.493 e. The molecule has 1 N–H and O–H groups in total. The molecule has 5 nitrogen and oxygen atoms in total. The Kier molecular flexibility index (Phi) is 10.8. The highest BCUT2D eigenvalue weighted by molar-refractivity contribution is 14.1. The minimum Gasteiger partial charge on any atom is -0.493 e. The summed E-state index contributed by atoms with van der Waals surface area (Å²) in [5, 5.41) is 2.94. The molecular weight excluding hydrogens is 505 g/mol. The first-order valence-corrected chi connectivity index (χ1v) is 11.3. The van der Waals surface area contributed by atoms with Gasteiger partial charge in [0.05, 0.1) is 7.11 Å². The van der Waals surface area contributed by atoms with Crippen molar-refractivity contribution in [1.82, 2.24) is 5.32 Å². The number of amides is 1. The fourth-order valence-electron chi connectivity index (χ4n) is 2.83. The van der Waals surface area contributed by atoms with Gasteiger partial charge in [-0.3, -0.25) is 4.79 Å². The number of nitrogens with one attached hydrogen (secondary N) is 1. The van der Waals surface area contributed by atoms with Crippen molar-refractivity contribution in [3.63, 3.8) is 0 Å². The molecule has 0 heterocycles. The average molecular weight is 531 g/mol. The first kappa shape index (κ1) is 24.6. The lowest BCUT2D eigenvalue weighted by atomic mass is 10.1. The van der Waals surface area contributed by atoms with Crippen LogP contribution in [0.5, 0.6) is 11.5 Å². The van der Waals surface area contributed by atoms with Crippen LogP contribution in [-0.2, 0) is 20.4 Å². The molecule has 6 heteroatoms. The summed E-state index contributed by atoms with van der Waals surface area (Å²) >= 11 is 2.30. The fraction of sp³-hybridized carbons (Fsp3) is 0.320. The predicted molar refractivity (Wildman–Crippen MR) is 130 cm³/mol. The lowest BCUT2D eigenvalue weighted by Gasteiger charge is -2.17. The number of hydrogen-bond donors (Lipinski definition) is 1. The van der Waals surface area contributed by atoms with Gasteiger partial charge < -0.3 is 19.5 Å². The molecule has 0 bridgehead atoms. The Hall–Kier alpha value is -2.68. The molecule has 0 aliphatic heterocycles. The second kappa shape index (κ2) is 13.6. The van der Waals surface area contributed by atoms with Crippen LogP contribution >= 0.6 is 22.6 Å². The van der Waals surface area contributed by atoms with Crippen molar-refractivity contribution in [2.45, 2.75) is 23.9 Å². The van der Waals surface area contributed by atoms with Crippen molar-refractivity contribution in [3.05, 3.63) is 59.2 Å². The number of terminal acetylenes is 1. The summed E-state index contributed by atoms with van der Waals surface area (Å²) in [6.07, 6.45) is 5.20. The Bertz CT molecular complexity index is 954. The molecule has 0 saturated heterocycles. The van der Waals surface area contributed by atoms with Crippen LogP contribution < -0.4 is 14.8 Å². The van der Waals surface area contributed by atoms with Crippen molar-refractivity contribution in [2.24, 2.45) is 0 Å². The molecule has 2 rings (SSSR count). The van der Waals surface area contributed by atoms with E-state index in [0.717, 1.165) is 15.6 Å². The van der Waals surface area contributed by atoms with Crippen molar-refractivity contribution >= 4 is 28.5 Å². The van der Waals surface area contributed by atoms with Crippen LogP contribution in [0.15, 0.2) is 42.5 Å². The highest BCUT2D eigenvalue weighted by Crippen LogP contribution is 2.28. The summed E-state index contributed by atoms with van der Waals surface area (Å²) < 4.78 is 17.5. The third kappa shape index (κ3) is 7.82. The van der Waals surface area contributed by atoms with E-state index in [1.165, 1.54) is 5.56 Å². The lowest BCUT2D eigenvalue weighted by Crippen LogP contribution is -2.32. The summed E-state index contributed by atoms with van der Waals surface area (Å²) in [6, 6.07) is 13.5. The maximum Gasteiger partial charge on any atom is 0.253 e. The normalized spacial score (nSPS) is 10.9. The topological polar surface area (TPSA) is 56.8 Å². The van der Waals surface area contributed by atoms with Gasteiger partial charge in [-0.1, -0.05) is 64.8 Å². The highest BCUT2D eigenvalue weighted by atomic mass is 127. The maximum absolute atomic E-state index is 12.8. The van der Waals surface area contributed by atoms with E-state index in [1.54, 1.807) is 14.0 Å². The zero-order chi connectivity index (χ0) is 22.5. The molecule has 0 aliphatic carbocycles. The fourth-order valence-corrected chi connectivity index (χ4v) is 3.34. The molecule has 2 aromatic rings. The van der Waals surface area contributed by atoms with E-state index in [-0.39, 0.29) is 12.5 Å². The van der Waals surface area contributed by atoms with Gasteiger partial charge in [-0.15, -0.1) is 12.3 Å². The number of carbonyl (C=O) groups is 1. The van der Waals surface area contributed by atoms with E-state index in [2.05, 4.69) is 45.7 Å². The number of alkyl halides is 1. The van der Waals surface area contributed by atoms with Gasteiger partial charge >= 0.3 is 0 Å². The van der Waals surface area contributed by atoms with E-state index in [1.807, 2.05) is 42.5 Å². The monoisotopic (exact) mass is 531 g/mol. The maximum atomic E-state index is 12.8. The van der Waals surface area contributed by atoms with Gasteiger partial charge in [0, 0.05) is 11.0 Å². The molecule has 0 aromatic heterocycles. The van der Waals surface area contributed by atoms with Gasteiger partial charge in [0.15, 0.2) is 17.6 Å². The molecule has 162 valence electrons. The first-order valence-electron chi connectivity index (χ1n) is 9.79. The van der Waals surface area contributed by atoms with Crippen molar-refractivity contribution in [1.29, 1.82) is 0 Å². The first-order chi connectivity index (χ1) is 15.1. The van der Waals surface area contributed by atoms with E-state index in [4.69, 9.17) is 20.6 Å². The summed E-state index contributed by atoms with van der Waals surface area (Å²) in [4.78, 5) is 12.8. The molecule has 1 amide bonds. The number of benzene rings is 2. The molecule has 2 aromatic carbocycles. The average Bonchev–Trinajstić information content (AvgIpc) is 2.80. The third-order valence-electron chi connectivity index (χ3n) is 4.43. The molecule has 0 spiro atoms. The third-order valence-corrected chi connectivity index (χ3v) is 5.31. The van der Waals surface area contributed by atoms with Gasteiger partial charge in [0.25, 0.3) is 5.91 Å². The second-order valence-corrected chi connectivity index (χ2v) is 7.27. The van der Waals surface area contributed by atoms with Gasteiger partial charge in [-0.05, 0) is 42.2 Å². The van der Waals surface area contributed by atoms with Gasteiger partial charge in [-0.25, -0.2) is 0 Å². The number of hydrogen-bond acceptors (Lipinski definition) is 4. The zero-order valence-electron chi connectivity index (χ0n) is 17.7. The molecule has 1 atom stereocenters. The summed E-state index contributed by atoms with van der Waals surface area (Å²) in [5.74, 6) is 9.11. The van der Waals surface area contributed by atoms with Crippen LogP contribution in [0.1, 0.15) is 29.7 Å². The zero-order valence-corrected chi connectivity index (χ0v) is 19.9. The van der Waals surface area contributed by atoms with Crippen LogP contribution in [0.25, 0.3) is 0 Å². The van der Waals surface area contributed by atoms with Crippen molar-refractivity contribution < 1.29 is 19.0 Å². The predicted octanol–water partition coefficient (Wildman–Crippen LogP) is 4.08. The van der Waals surface area contributed by atoms with E-state index in [9.17, 15) is 4.79 Å². The van der Waals surface area contributed by atoms with Crippen LogP contribution in [0.3, 0.4) is 0 Å². The van der Waals surface area contributed by atoms with Crippen molar-refractivity contribution in [3.8, 4) is 35.7 Å². The minimum absolute atomic E-state index is 0.0627. The van der Waals surface area contributed by atoms with Gasteiger partial charge in [0.2, 0.25) is 0 Å². The standard InChI is InChI=1S/C25H26INO4/c1-4-6-16-30-22-12-9-19(17-23(22)29-3)13-14-27-25(28)24(31-15-5-2)21-10-7-20(18-26)8-11-21/h2,7-12,17,24H,13-16,18H2,1,3H3,(H,27,28). The Morgan fingerprint density at radius 1 is 1.13 bits per heavy atom. The number of rotatable bonds is 11. The van der Waals surface area contributed by atoms with Gasteiger partial charge in [-0.2, -0.15) is 0 Å². The Labute approximate surface area is 198 Å². The number of halogens is 1. The molecule has 1 unspecified atom stereocenters. The van der Waals surface area contributed by atoms with Gasteiger partial charge in [0.1, 0.15) is 13.2 Å². The van der Waals surface area contributed by atoms with Crippen LogP contribution in [0.2, 0.25) is 0 Å². The summed E-state index contributed by atoms with van der Waals surface area (Å²) in [6.45, 7) is 2.58. The van der Waals surface area contributed by atoms with Crippen LogP contribution in [0, 0.1) is 24.2 Å². The molecule has 0 fully saturated rings. The number of ether oxygens (including phenoxy) is 3. The molecule has 0 radical (unpaired) electrons. The van der Waals surface area contributed by atoms with Crippen LogP contribution in [-0.4, -0.2) is 32.8 Å². The second-order valence-electron chi connectivity index (χ2n) is 6.51. The SMILES string of the molecule is C#CCOC(C(=O)NCCc1ccc(OCC#CC)c(OC)c1)c1ccc(CI)cc1. The molecule has 0 saturated carbocycles. The molecule has 0 aliphatic rings. The van der Waals surface area contributed by atoms with Crippen molar-refractivity contribution in [2.75, 3.05) is 26.9 Å². The molecular formula is C25H26INO4. The minimum atomic E-state index is -0.746. The quantitative estimate of drug-likeness (QED) is 0.270. The Morgan fingerprint density at radius 3 is 2.52 bits per heavy atom. The lowest BCUT2D eigenvalue weighted by molar-refractivity contribution is -0.132. The Balaban J connectivity index is 1.98. The smallest absolute Gasteiger partial charge is 0.253 e. The highest BCUT2D eigenvalue weighted by Gasteiger charge is 2.21. The summed E-state index contributed by atoms with van der Waals surface area (Å²) in [5.41, 5.74) is 2.97. The van der Waals surface area contributed by atoms with E-state index < -0.39 is 6.10 Å². The van der Waals surface area contributed by atoms with E-state index in [0.29, 0.717) is 31.1 Å². The van der Waals surface area contributed by atoms with E-state index >= 15 is 0 Å². The summed E-state index contributed by atoms with van der Waals surface area (Å²) in [7, 11) is 1.59. The number of methoxy groups -OCH3 is 1. The Morgan fingerprint density at radius 2 is 1.87 bits per heavy atom. The van der Waals surface area contributed by atoms with Crippen LogP contribution in [0.4, 0.5) is 0 Å². The molecule has 31 heavy (non-hydrogen) atoms.